The van der Waals surface area contributed by atoms with Crippen LogP contribution in [0, 0.1) is 0 Å². The van der Waals surface area contributed by atoms with Crippen molar-refractivity contribution in [3.8, 4) is 0 Å². The number of pyridine rings is 1. The van der Waals surface area contributed by atoms with Crippen LogP contribution in [-0.4, -0.2) is 17.4 Å². The quantitative estimate of drug-likeness (QED) is 0.561. The number of carbonyl (C=O) groups excluding carboxylic acids is 1. The zero-order valence-corrected chi connectivity index (χ0v) is 12.0. The van der Waals surface area contributed by atoms with E-state index >= 15 is 0 Å². The van der Waals surface area contributed by atoms with Crippen LogP contribution < -0.4 is 16.6 Å². The van der Waals surface area contributed by atoms with E-state index in [2.05, 4.69) is 34.8 Å². The van der Waals surface area contributed by atoms with E-state index in [0.29, 0.717) is 23.8 Å². The van der Waals surface area contributed by atoms with Crippen molar-refractivity contribution in [1.29, 1.82) is 0 Å². The first-order valence-electron chi connectivity index (χ1n) is 6.96. The second-order valence-electron chi connectivity index (χ2n) is 4.93. The lowest BCUT2D eigenvalue weighted by molar-refractivity contribution is 0.0952. The van der Waals surface area contributed by atoms with E-state index in [9.17, 15) is 4.79 Å². The van der Waals surface area contributed by atoms with Crippen LogP contribution >= 0.6 is 0 Å². The Labute approximate surface area is 124 Å². The number of carbonyl (C=O) groups is 1. The first-order valence-corrected chi connectivity index (χ1v) is 6.96. The molecule has 0 fully saturated rings. The molecule has 21 heavy (non-hydrogen) atoms. The van der Waals surface area contributed by atoms with Crippen LogP contribution in [0.5, 0.6) is 0 Å². The highest BCUT2D eigenvalue weighted by atomic mass is 16.1. The summed E-state index contributed by atoms with van der Waals surface area (Å²) >= 11 is 0. The number of hydrazine groups is 1. The Morgan fingerprint density at radius 1 is 1.24 bits per heavy atom. The molecule has 1 aromatic carbocycles. The first kappa shape index (κ1) is 15.0. The Hall–Kier alpha value is -2.40. The van der Waals surface area contributed by atoms with Gasteiger partial charge < -0.3 is 10.7 Å². The van der Waals surface area contributed by atoms with Crippen LogP contribution in [0.25, 0.3) is 0 Å². The number of nitrogen functional groups attached to an aromatic ring is 1. The fourth-order valence-electron chi connectivity index (χ4n) is 2.07. The molecule has 1 aromatic heterocycles. The Morgan fingerprint density at radius 2 is 2.00 bits per heavy atom. The molecule has 0 radical (unpaired) electrons. The number of nitrogens with one attached hydrogen (secondary N) is 2. The number of hydrogen-bond donors (Lipinski definition) is 3. The van der Waals surface area contributed by atoms with Gasteiger partial charge in [0, 0.05) is 12.7 Å². The number of rotatable bonds is 6. The highest BCUT2D eigenvalue weighted by Crippen LogP contribution is 2.17. The molecule has 1 heterocycles. The second-order valence-corrected chi connectivity index (χ2v) is 4.93. The van der Waals surface area contributed by atoms with Crippen LogP contribution in [-0.2, 0) is 0 Å². The van der Waals surface area contributed by atoms with E-state index in [1.807, 2.05) is 18.2 Å². The lowest BCUT2D eigenvalue weighted by Gasteiger charge is -2.12. The Balaban J connectivity index is 1.81. The lowest BCUT2D eigenvalue weighted by Crippen LogP contribution is -2.25. The first-order chi connectivity index (χ1) is 10.2. The largest absolute Gasteiger partial charge is 0.352 e. The van der Waals surface area contributed by atoms with Crippen molar-refractivity contribution in [2.75, 3.05) is 12.0 Å². The van der Waals surface area contributed by atoms with Gasteiger partial charge in [0.05, 0.1) is 5.56 Å². The molecule has 5 heteroatoms. The molecule has 0 bridgehead atoms. The summed E-state index contributed by atoms with van der Waals surface area (Å²) < 4.78 is 0. The number of anilines is 1. The number of nitrogens with two attached hydrogens (primary N) is 1. The molecule has 0 aliphatic heterocycles. The van der Waals surface area contributed by atoms with E-state index in [4.69, 9.17) is 5.84 Å². The van der Waals surface area contributed by atoms with Gasteiger partial charge in [-0.1, -0.05) is 37.3 Å². The molecule has 0 spiro atoms. The van der Waals surface area contributed by atoms with Crippen molar-refractivity contribution < 1.29 is 4.79 Å². The summed E-state index contributed by atoms with van der Waals surface area (Å²) in [7, 11) is 0. The van der Waals surface area contributed by atoms with Gasteiger partial charge >= 0.3 is 0 Å². The van der Waals surface area contributed by atoms with Crippen LogP contribution in [0.4, 0.5) is 5.82 Å². The molecule has 5 nitrogen and oxygen atoms in total. The van der Waals surface area contributed by atoms with Crippen LogP contribution in [0.3, 0.4) is 0 Å². The molecule has 1 amide bonds. The fourth-order valence-corrected chi connectivity index (χ4v) is 2.07. The van der Waals surface area contributed by atoms with Crippen molar-refractivity contribution in [2.45, 2.75) is 19.3 Å². The Morgan fingerprint density at radius 3 is 2.62 bits per heavy atom. The minimum absolute atomic E-state index is 0.119. The van der Waals surface area contributed by atoms with E-state index in [1.54, 1.807) is 12.1 Å². The molecule has 4 N–H and O–H groups in total. The predicted octanol–water partition coefficient (Wildman–Crippen LogP) is 2.29. The van der Waals surface area contributed by atoms with E-state index in [0.717, 1.165) is 6.42 Å². The van der Waals surface area contributed by atoms with Crippen LogP contribution in [0.2, 0.25) is 0 Å². The van der Waals surface area contributed by atoms with Gasteiger partial charge in [0.15, 0.2) is 0 Å². The lowest BCUT2D eigenvalue weighted by atomic mass is 9.98. The van der Waals surface area contributed by atoms with Gasteiger partial charge in [-0.3, -0.25) is 4.79 Å². The molecule has 2 rings (SSSR count). The minimum atomic E-state index is -0.119. The maximum absolute atomic E-state index is 12.0. The molecule has 0 aliphatic carbocycles. The van der Waals surface area contributed by atoms with Gasteiger partial charge in [-0.05, 0) is 30.0 Å². The third kappa shape index (κ3) is 4.29. The number of benzene rings is 1. The molecule has 110 valence electrons. The van der Waals surface area contributed by atoms with Gasteiger partial charge in [0.25, 0.3) is 5.91 Å². The summed E-state index contributed by atoms with van der Waals surface area (Å²) in [6.07, 6.45) is 2.40. The van der Waals surface area contributed by atoms with E-state index < -0.39 is 0 Å². The molecule has 1 atom stereocenters. The maximum Gasteiger partial charge on any atom is 0.252 e. The second kappa shape index (κ2) is 7.40. The third-order valence-electron chi connectivity index (χ3n) is 3.41. The number of aromatic nitrogens is 1. The van der Waals surface area contributed by atoms with Gasteiger partial charge in [0.2, 0.25) is 0 Å². The van der Waals surface area contributed by atoms with Crippen molar-refractivity contribution in [3.63, 3.8) is 0 Å². The summed E-state index contributed by atoms with van der Waals surface area (Å²) in [5.41, 5.74) is 4.24. The highest BCUT2D eigenvalue weighted by molar-refractivity contribution is 5.94. The number of hydrogen-bond acceptors (Lipinski definition) is 4. The normalized spacial score (nSPS) is 11.7. The standard InChI is InChI=1S/C16H20N4O/c1-12(13-5-3-2-4-6-13)9-10-18-16(21)14-7-8-15(20-17)19-11-14/h2-8,11-12H,9-10,17H2,1H3,(H,18,21)(H,19,20). The average Bonchev–Trinajstić information content (AvgIpc) is 2.55. The summed E-state index contributed by atoms with van der Waals surface area (Å²) in [5, 5.41) is 2.91. The van der Waals surface area contributed by atoms with Crippen LogP contribution in [0.15, 0.2) is 48.7 Å². The number of nitrogens with zero attached hydrogens (tertiary/aromatic N) is 1. The van der Waals surface area contributed by atoms with Gasteiger partial charge in [0.1, 0.15) is 5.82 Å². The van der Waals surface area contributed by atoms with Gasteiger partial charge in [-0.15, -0.1) is 0 Å². The molecular formula is C16H20N4O. The summed E-state index contributed by atoms with van der Waals surface area (Å²) in [6.45, 7) is 2.79. The summed E-state index contributed by atoms with van der Waals surface area (Å²) in [6, 6.07) is 13.6. The minimum Gasteiger partial charge on any atom is -0.352 e. The zero-order valence-electron chi connectivity index (χ0n) is 12.0. The highest BCUT2D eigenvalue weighted by Gasteiger charge is 2.08. The van der Waals surface area contributed by atoms with Crippen molar-refractivity contribution in [2.24, 2.45) is 5.84 Å². The number of amides is 1. The molecule has 0 saturated heterocycles. The fraction of sp³-hybridized carbons (Fsp3) is 0.250. The smallest absolute Gasteiger partial charge is 0.252 e. The van der Waals surface area contributed by atoms with Crippen molar-refractivity contribution in [3.05, 3.63) is 59.8 Å². The molecule has 0 saturated carbocycles. The SMILES string of the molecule is CC(CCNC(=O)c1ccc(NN)nc1)c1ccccc1. The van der Waals surface area contributed by atoms with Crippen LogP contribution in [0.1, 0.15) is 35.2 Å². The van der Waals surface area contributed by atoms with Crippen molar-refractivity contribution >= 4 is 11.7 Å². The van der Waals surface area contributed by atoms with E-state index in [1.165, 1.54) is 11.8 Å². The van der Waals surface area contributed by atoms with Gasteiger partial charge in [-0.2, -0.15) is 0 Å². The molecular weight excluding hydrogens is 264 g/mol. The topological polar surface area (TPSA) is 80.0 Å². The third-order valence-corrected chi connectivity index (χ3v) is 3.41. The van der Waals surface area contributed by atoms with E-state index in [-0.39, 0.29) is 5.91 Å². The molecule has 0 aliphatic rings. The van der Waals surface area contributed by atoms with Crippen molar-refractivity contribution in [1.82, 2.24) is 10.3 Å². The Kier molecular flexibility index (Phi) is 5.29. The monoisotopic (exact) mass is 284 g/mol. The molecule has 1 unspecified atom stereocenters. The maximum atomic E-state index is 12.0. The molecule has 2 aromatic rings. The summed E-state index contributed by atoms with van der Waals surface area (Å²) in [4.78, 5) is 16.0. The zero-order chi connectivity index (χ0) is 15.1. The predicted molar refractivity (Wildman–Crippen MR) is 83.9 cm³/mol. The Bertz CT molecular complexity index is 569. The van der Waals surface area contributed by atoms with Gasteiger partial charge in [-0.25, -0.2) is 10.8 Å². The average molecular weight is 284 g/mol. The summed E-state index contributed by atoms with van der Waals surface area (Å²) in [5.74, 6) is 6.05.